The second-order valence-corrected chi connectivity index (χ2v) is 10.5. The summed E-state index contributed by atoms with van der Waals surface area (Å²) in [6.07, 6.45) is 0. The van der Waals surface area contributed by atoms with Crippen LogP contribution >= 0.6 is 22.7 Å². The summed E-state index contributed by atoms with van der Waals surface area (Å²) in [4.78, 5) is 4.67. The van der Waals surface area contributed by atoms with Crippen LogP contribution in [0.4, 0.5) is 5.00 Å². The average Bonchev–Trinajstić information content (AvgIpc) is 3.56. The largest absolute Gasteiger partial charge is 0.497 e. The fourth-order valence-corrected chi connectivity index (χ4v) is 6.85. The maximum atomic E-state index is 14.0. The first-order valence-electron chi connectivity index (χ1n) is 9.58. The summed E-state index contributed by atoms with van der Waals surface area (Å²) in [5.74, 6) is 0.584. The van der Waals surface area contributed by atoms with E-state index in [9.17, 15) is 8.42 Å². The van der Waals surface area contributed by atoms with E-state index in [0.29, 0.717) is 22.0 Å². The van der Waals surface area contributed by atoms with Gasteiger partial charge in [-0.2, -0.15) is 11.3 Å². The van der Waals surface area contributed by atoms with Gasteiger partial charge in [0.25, 0.3) is 10.0 Å². The van der Waals surface area contributed by atoms with Crippen LogP contribution in [0.5, 0.6) is 5.75 Å². The molecule has 0 unspecified atom stereocenters. The summed E-state index contributed by atoms with van der Waals surface area (Å²) in [6, 6.07) is 19.5. The van der Waals surface area contributed by atoms with Gasteiger partial charge in [-0.25, -0.2) is 17.2 Å². The van der Waals surface area contributed by atoms with Gasteiger partial charge in [0, 0.05) is 16.5 Å². The molecule has 3 aromatic heterocycles. The van der Waals surface area contributed by atoms with Crippen molar-refractivity contribution in [1.29, 1.82) is 0 Å². The molecule has 0 aliphatic rings. The Labute approximate surface area is 193 Å². The van der Waals surface area contributed by atoms with E-state index >= 15 is 0 Å². The molecule has 0 radical (unpaired) electrons. The lowest BCUT2D eigenvalue weighted by molar-refractivity contribution is 0.414. The van der Waals surface area contributed by atoms with Crippen molar-refractivity contribution in [2.24, 2.45) is 0 Å². The Morgan fingerprint density at radius 1 is 0.938 bits per heavy atom. The molecule has 0 bridgehead atoms. The molecule has 2 aromatic carbocycles. The van der Waals surface area contributed by atoms with E-state index in [2.05, 4.69) is 4.85 Å². The minimum Gasteiger partial charge on any atom is -0.497 e. The summed E-state index contributed by atoms with van der Waals surface area (Å²) in [5, 5.41) is 5.11. The van der Waals surface area contributed by atoms with Crippen molar-refractivity contribution in [2.75, 3.05) is 7.11 Å². The first kappa shape index (κ1) is 20.5. The van der Waals surface area contributed by atoms with Crippen molar-refractivity contribution in [2.45, 2.75) is 4.90 Å². The molecule has 5 aromatic rings. The van der Waals surface area contributed by atoms with Crippen LogP contribution in [0.1, 0.15) is 0 Å². The van der Waals surface area contributed by atoms with E-state index in [0.717, 1.165) is 21.4 Å². The van der Waals surface area contributed by atoms with Gasteiger partial charge in [-0.05, 0) is 47.2 Å². The Kier molecular flexibility index (Phi) is 5.10. The minimum atomic E-state index is -3.94. The molecule has 0 aliphatic carbocycles. The van der Waals surface area contributed by atoms with Crippen LogP contribution in [0.25, 0.3) is 37.4 Å². The number of ether oxygens (including phenoxy) is 1. The summed E-state index contributed by atoms with van der Waals surface area (Å²) in [7, 11) is -2.40. The second kappa shape index (κ2) is 7.95. The normalized spacial score (nSPS) is 11.5. The Balaban J connectivity index is 1.92. The predicted octanol–water partition coefficient (Wildman–Crippen LogP) is 6.89. The highest BCUT2D eigenvalue weighted by molar-refractivity contribution is 7.90. The number of methoxy groups -OCH3 is 1. The van der Waals surface area contributed by atoms with Crippen LogP contribution in [-0.2, 0) is 10.0 Å². The Morgan fingerprint density at radius 2 is 1.72 bits per heavy atom. The van der Waals surface area contributed by atoms with E-state index in [4.69, 9.17) is 11.3 Å². The van der Waals surface area contributed by atoms with E-state index in [1.54, 1.807) is 37.4 Å². The molecule has 32 heavy (non-hydrogen) atoms. The van der Waals surface area contributed by atoms with Crippen LogP contribution in [0.15, 0.2) is 82.4 Å². The zero-order valence-corrected chi connectivity index (χ0v) is 19.3. The topological polar surface area (TPSA) is 52.7 Å². The zero-order chi connectivity index (χ0) is 22.3. The Hall–Kier alpha value is -3.38. The highest BCUT2D eigenvalue weighted by atomic mass is 32.2. The van der Waals surface area contributed by atoms with Crippen LogP contribution in [-0.4, -0.2) is 19.5 Å². The summed E-state index contributed by atoms with van der Waals surface area (Å²) in [5.41, 5.74) is 2.64. The monoisotopic (exact) mass is 476 g/mol. The van der Waals surface area contributed by atoms with Crippen LogP contribution in [0.3, 0.4) is 0 Å². The maximum Gasteiger partial charge on any atom is 0.268 e. The van der Waals surface area contributed by atoms with Crippen molar-refractivity contribution in [1.82, 2.24) is 3.97 Å². The number of benzene rings is 2. The van der Waals surface area contributed by atoms with Gasteiger partial charge in [0.1, 0.15) is 5.75 Å². The van der Waals surface area contributed by atoms with Gasteiger partial charge < -0.3 is 4.74 Å². The molecule has 0 saturated carbocycles. The molecule has 0 amide bonds. The third-order valence-electron chi connectivity index (χ3n) is 5.20. The fraction of sp³-hybridized carbons (Fsp3) is 0.0417. The van der Waals surface area contributed by atoms with Gasteiger partial charge in [0.15, 0.2) is 0 Å². The van der Waals surface area contributed by atoms with Crippen molar-refractivity contribution < 1.29 is 13.2 Å². The quantitative estimate of drug-likeness (QED) is 0.259. The molecule has 3 heterocycles. The molecule has 0 aliphatic heterocycles. The summed E-state index contributed by atoms with van der Waals surface area (Å²) in [6.45, 7) is 7.61. The van der Waals surface area contributed by atoms with Crippen molar-refractivity contribution in [3.05, 3.63) is 88.9 Å². The van der Waals surface area contributed by atoms with Crippen LogP contribution in [0.2, 0.25) is 0 Å². The lowest BCUT2D eigenvalue weighted by atomic mass is 10.0. The molecule has 158 valence electrons. The average molecular weight is 477 g/mol. The highest BCUT2D eigenvalue weighted by Gasteiger charge is 2.30. The second-order valence-electron chi connectivity index (χ2n) is 6.91. The molecule has 0 N–H and O–H groups in total. The number of rotatable bonds is 5. The van der Waals surface area contributed by atoms with Gasteiger partial charge in [0.05, 0.1) is 34.7 Å². The molecule has 5 rings (SSSR count). The van der Waals surface area contributed by atoms with Gasteiger partial charge in [-0.3, -0.25) is 0 Å². The highest BCUT2D eigenvalue weighted by Crippen LogP contribution is 2.48. The number of para-hydroxylation sites is 1. The van der Waals surface area contributed by atoms with E-state index in [1.165, 1.54) is 26.6 Å². The number of aromatic nitrogens is 1. The fourth-order valence-electron chi connectivity index (χ4n) is 3.80. The lowest BCUT2D eigenvalue weighted by Gasteiger charge is -2.13. The molecular formula is C24H16N2O3S3. The van der Waals surface area contributed by atoms with Gasteiger partial charge in [-0.15, -0.1) is 11.3 Å². The number of hydrogen-bond acceptors (Lipinski definition) is 5. The third-order valence-corrected chi connectivity index (χ3v) is 8.61. The standard InChI is InChI=1S/C24H16N2O3S3/c1-25-24-19(13-15-31-24)22-18-6-3-4-7-20(18)26(23(22)21-8-5-14-30-21)32(27,28)17-11-9-16(29-2)10-12-17/h3-15H,2H3. The maximum absolute atomic E-state index is 14.0. The van der Waals surface area contributed by atoms with Crippen LogP contribution in [0, 0.1) is 6.57 Å². The number of thiophene rings is 2. The third kappa shape index (κ3) is 3.14. The van der Waals surface area contributed by atoms with Crippen LogP contribution < -0.4 is 4.74 Å². The van der Waals surface area contributed by atoms with E-state index < -0.39 is 10.0 Å². The molecule has 0 spiro atoms. The molecular weight excluding hydrogens is 460 g/mol. The zero-order valence-electron chi connectivity index (χ0n) is 16.8. The SMILES string of the molecule is [C-]#[N+]c1sccc1-c1c(-c2cccs2)n(S(=O)(=O)c2ccc(OC)cc2)c2ccccc12. The van der Waals surface area contributed by atoms with Crippen molar-refractivity contribution in [3.63, 3.8) is 0 Å². The van der Waals surface area contributed by atoms with Crippen molar-refractivity contribution >= 4 is 48.6 Å². The molecule has 0 atom stereocenters. The number of fused-ring (bicyclic) bond motifs is 1. The summed E-state index contributed by atoms with van der Waals surface area (Å²) >= 11 is 2.82. The summed E-state index contributed by atoms with van der Waals surface area (Å²) < 4.78 is 34.5. The minimum absolute atomic E-state index is 0.166. The van der Waals surface area contributed by atoms with Gasteiger partial charge >= 0.3 is 0 Å². The molecule has 0 fully saturated rings. The number of nitrogens with zero attached hydrogens (tertiary/aromatic N) is 2. The Bertz CT molecular complexity index is 1570. The smallest absolute Gasteiger partial charge is 0.268 e. The molecule has 8 heteroatoms. The Morgan fingerprint density at radius 3 is 2.41 bits per heavy atom. The number of hydrogen-bond donors (Lipinski definition) is 0. The molecule has 5 nitrogen and oxygen atoms in total. The van der Waals surface area contributed by atoms with Crippen molar-refractivity contribution in [3.8, 4) is 27.4 Å². The first-order chi connectivity index (χ1) is 15.6. The first-order valence-corrected chi connectivity index (χ1v) is 12.8. The van der Waals surface area contributed by atoms with E-state index in [1.807, 2.05) is 47.2 Å². The predicted molar refractivity (Wildman–Crippen MR) is 130 cm³/mol. The molecule has 0 saturated heterocycles. The van der Waals surface area contributed by atoms with E-state index in [-0.39, 0.29) is 4.90 Å². The lowest BCUT2D eigenvalue weighted by Crippen LogP contribution is -2.14. The van der Waals surface area contributed by atoms with Gasteiger partial charge in [-0.1, -0.05) is 30.3 Å². The van der Waals surface area contributed by atoms with Gasteiger partial charge in [0.2, 0.25) is 5.00 Å².